The minimum Gasteiger partial charge on any atom is -0.496 e. The second kappa shape index (κ2) is 9.24. The highest BCUT2D eigenvalue weighted by Gasteiger charge is 2.25. The average molecular weight is 349 g/mol. The van der Waals surface area contributed by atoms with E-state index in [0.29, 0.717) is 30.8 Å². The molecular weight excluding hydrogens is 327 g/mol. The quantitative estimate of drug-likeness (QED) is 0.666. The summed E-state index contributed by atoms with van der Waals surface area (Å²) >= 11 is 0. The fourth-order valence-corrected chi connectivity index (χ4v) is 2.36. The van der Waals surface area contributed by atoms with Crippen molar-refractivity contribution in [3.05, 3.63) is 23.3 Å². The zero-order valence-electron chi connectivity index (χ0n) is 13.7. The molecule has 0 bridgehead atoms. The maximum absolute atomic E-state index is 12.2. The third kappa shape index (κ3) is 6.97. The first kappa shape index (κ1) is 19.9. The molecule has 5 nitrogen and oxygen atoms in total. The maximum atomic E-state index is 12.2. The Bertz CT molecular complexity index is 547. The van der Waals surface area contributed by atoms with Gasteiger partial charge in [-0.3, -0.25) is 0 Å². The van der Waals surface area contributed by atoms with Gasteiger partial charge in [0.05, 0.1) is 14.2 Å². The molecule has 0 saturated heterocycles. The van der Waals surface area contributed by atoms with E-state index in [2.05, 4.69) is 5.32 Å². The summed E-state index contributed by atoms with van der Waals surface area (Å²) in [5.41, 5.74) is 1.54. The Balaban J connectivity index is 2.76. The van der Waals surface area contributed by atoms with E-state index in [1.165, 1.54) is 14.2 Å². The van der Waals surface area contributed by atoms with Crippen molar-refractivity contribution >= 4 is 6.09 Å². The van der Waals surface area contributed by atoms with Crippen LogP contribution in [0.2, 0.25) is 0 Å². The summed E-state index contributed by atoms with van der Waals surface area (Å²) < 4.78 is 47.1. The van der Waals surface area contributed by atoms with Crippen molar-refractivity contribution in [2.75, 3.05) is 20.8 Å². The van der Waals surface area contributed by atoms with Crippen molar-refractivity contribution in [3.8, 4) is 11.5 Å². The zero-order chi connectivity index (χ0) is 18.2. The van der Waals surface area contributed by atoms with Crippen molar-refractivity contribution in [2.45, 2.75) is 38.3 Å². The van der Waals surface area contributed by atoms with Gasteiger partial charge in [0.15, 0.2) is 0 Å². The minimum absolute atomic E-state index is 0.0548. The number of halogens is 3. The lowest BCUT2D eigenvalue weighted by molar-refractivity contribution is -0.135. The van der Waals surface area contributed by atoms with Crippen LogP contribution < -0.4 is 14.8 Å². The van der Waals surface area contributed by atoms with Crippen LogP contribution in [0.15, 0.2) is 12.1 Å². The number of ether oxygens (including phenoxy) is 2. The Hall–Kier alpha value is -2.12. The first-order valence-electron chi connectivity index (χ1n) is 7.54. The van der Waals surface area contributed by atoms with Gasteiger partial charge in [0.25, 0.3) is 0 Å². The SMILES string of the molecule is COc1cc(CCNC(=O)O)c(OC)cc1CCCCC(F)(F)F. The van der Waals surface area contributed by atoms with E-state index in [4.69, 9.17) is 14.6 Å². The van der Waals surface area contributed by atoms with Gasteiger partial charge < -0.3 is 19.9 Å². The van der Waals surface area contributed by atoms with Crippen LogP contribution in [-0.2, 0) is 12.8 Å². The normalized spacial score (nSPS) is 11.2. The van der Waals surface area contributed by atoms with Gasteiger partial charge in [0.1, 0.15) is 11.5 Å². The van der Waals surface area contributed by atoms with Crippen molar-refractivity contribution in [1.29, 1.82) is 0 Å². The number of hydrogen-bond acceptors (Lipinski definition) is 3. The van der Waals surface area contributed by atoms with Crippen molar-refractivity contribution in [2.24, 2.45) is 0 Å². The highest BCUT2D eigenvalue weighted by atomic mass is 19.4. The maximum Gasteiger partial charge on any atom is 0.404 e. The summed E-state index contributed by atoms with van der Waals surface area (Å²) in [7, 11) is 2.98. The number of hydrogen-bond donors (Lipinski definition) is 2. The summed E-state index contributed by atoms with van der Waals surface area (Å²) in [4.78, 5) is 10.5. The van der Waals surface area contributed by atoms with Crippen LogP contribution in [0.5, 0.6) is 11.5 Å². The number of alkyl halides is 3. The molecule has 8 heteroatoms. The molecule has 0 aliphatic heterocycles. The van der Waals surface area contributed by atoms with E-state index in [1.54, 1.807) is 12.1 Å². The van der Waals surface area contributed by atoms with Gasteiger partial charge in [-0.15, -0.1) is 0 Å². The lowest BCUT2D eigenvalue weighted by Crippen LogP contribution is -2.23. The number of methoxy groups -OCH3 is 2. The van der Waals surface area contributed by atoms with Crippen molar-refractivity contribution < 1.29 is 32.5 Å². The molecule has 1 aromatic rings. The molecule has 1 amide bonds. The lowest BCUT2D eigenvalue weighted by Gasteiger charge is -2.15. The molecule has 0 aromatic heterocycles. The number of carboxylic acid groups (broad SMARTS) is 1. The van der Waals surface area contributed by atoms with E-state index in [1.807, 2.05) is 0 Å². The third-order valence-corrected chi connectivity index (χ3v) is 3.51. The minimum atomic E-state index is -4.14. The second-order valence-corrected chi connectivity index (χ2v) is 5.28. The molecule has 0 saturated carbocycles. The van der Waals surface area contributed by atoms with E-state index in [-0.39, 0.29) is 13.0 Å². The Morgan fingerprint density at radius 3 is 2.08 bits per heavy atom. The molecule has 1 rings (SSSR count). The molecule has 1 aromatic carbocycles. The molecule has 0 aliphatic carbocycles. The number of aryl methyl sites for hydroxylation is 1. The van der Waals surface area contributed by atoms with E-state index in [9.17, 15) is 18.0 Å². The summed E-state index contributed by atoms with van der Waals surface area (Å²) in [5, 5.41) is 10.9. The van der Waals surface area contributed by atoms with Gasteiger partial charge in [0.2, 0.25) is 0 Å². The number of unbranched alkanes of at least 4 members (excludes halogenated alkanes) is 1. The summed E-state index contributed by atoms with van der Waals surface area (Å²) in [6.07, 6.45) is -4.74. The predicted molar refractivity (Wildman–Crippen MR) is 82.9 cm³/mol. The Morgan fingerprint density at radius 1 is 1.08 bits per heavy atom. The van der Waals surface area contributed by atoms with E-state index >= 15 is 0 Å². The van der Waals surface area contributed by atoms with Gasteiger partial charge in [-0.05, 0) is 48.9 Å². The van der Waals surface area contributed by atoms with E-state index in [0.717, 1.165) is 11.1 Å². The topological polar surface area (TPSA) is 67.8 Å². The fraction of sp³-hybridized carbons (Fsp3) is 0.562. The molecule has 0 heterocycles. The molecule has 0 atom stereocenters. The standard InChI is InChI=1S/C16H22F3NO4/c1-23-13-10-12(6-8-20-15(21)22)14(24-2)9-11(13)5-3-4-7-16(17,18)19/h9-10,20H,3-8H2,1-2H3,(H,21,22). The molecule has 24 heavy (non-hydrogen) atoms. The number of amides is 1. The van der Waals surface area contributed by atoms with Crippen LogP contribution >= 0.6 is 0 Å². The van der Waals surface area contributed by atoms with Gasteiger partial charge in [-0.2, -0.15) is 13.2 Å². The van der Waals surface area contributed by atoms with Crippen LogP contribution in [0.25, 0.3) is 0 Å². The molecule has 0 aliphatic rings. The van der Waals surface area contributed by atoms with Gasteiger partial charge >= 0.3 is 12.3 Å². The molecule has 0 fully saturated rings. The van der Waals surface area contributed by atoms with Crippen LogP contribution in [0.3, 0.4) is 0 Å². The molecule has 2 N–H and O–H groups in total. The van der Waals surface area contributed by atoms with Crippen LogP contribution in [0.4, 0.5) is 18.0 Å². The van der Waals surface area contributed by atoms with E-state index < -0.39 is 18.7 Å². The van der Waals surface area contributed by atoms with Gasteiger partial charge in [-0.25, -0.2) is 4.79 Å². The van der Waals surface area contributed by atoms with Crippen LogP contribution in [0, 0.1) is 0 Å². The second-order valence-electron chi connectivity index (χ2n) is 5.28. The molecular formula is C16H22F3NO4. The van der Waals surface area contributed by atoms with Crippen LogP contribution in [0.1, 0.15) is 30.4 Å². The van der Waals surface area contributed by atoms with Crippen LogP contribution in [-0.4, -0.2) is 38.1 Å². The van der Waals surface area contributed by atoms with Crippen molar-refractivity contribution in [3.63, 3.8) is 0 Å². The monoisotopic (exact) mass is 349 g/mol. The summed E-state index contributed by atoms with van der Waals surface area (Å²) in [6.45, 7) is 0.222. The average Bonchev–Trinajstić information content (AvgIpc) is 2.50. The molecule has 0 radical (unpaired) electrons. The summed E-state index contributed by atoms with van der Waals surface area (Å²) in [6, 6.07) is 3.48. The number of rotatable bonds is 9. The molecule has 0 spiro atoms. The molecule has 0 unspecified atom stereocenters. The lowest BCUT2D eigenvalue weighted by atomic mass is 10.0. The summed E-state index contributed by atoms with van der Waals surface area (Å²) in [5.74, 6) is 1.13. The van der Waals surface area contributed by atoms with Crippen molar-refractivity contribution in [1.82, 2.24) is 5.32 Å². The Morgan fingerprint density at radius 2 is 1.62 bits per heavy atom. The molecule has 136 valence electrons. The first-order chi connectivity index (χ1) is 11.3. The number of nitrogens with one attached hydrogen (secondary N) is 1. The number of benzene rings is 1. The Kier molecular flexibility index (Phi) is 7.67. The zero-order valence-corrected chi connectivity index (χ0v) is 13.7. The third-order valence-electron chi connectivity index (χ3n) is 3.51. The first-order valence-corrected chi connectivity index (χ1v) is 7.54. The fourth-order valence-electron chi connectivity index (χ4n) is 2.36. The largest absolute Gasteiger partial charge is 0.496 e. The predicted octanol–water partition coefficient (Wildman–Crippen LogP) is 3.79. The number of carbonyl (C=O) groups is 1. The Labute approximate surface area is 138 Å². The highest BCUT2D eigenvalue weighted by Crippen LogP contribution is 2.31. The smallest absolute Gasteiger partial charge is 0.404 e. The van der Waals surface area contributed by atoms with Gasteiger partial charge in [-0.1, -0.05) is 0 Å². The highest BCUT2D eigenvalue weighted by molar-refractivity contribution is 5.64. The van der Waals surface area contributed by atoms with Gasteiger partial charge in [0, 0.05) is 13.0 Å².